The second kappa shape index (κ2) is 6.44. The maximum Gasteiger partial charge on any atom is 0.105 e. The maximum atomic E-state index is 5.97. The van der Waals surface area contributed by atoms with Gasteiger partial charge in [-0.3, -0.25) is 0 Å². The van der Waals surface area contributed by atoms with Gasteiger partial charge in [-0.15, -0.1) is 0 Å². The Hall–Kier alpha value is -1.50. The highest BCUT2D eigenvalue weighted by Crippen LogP contribution is 2.35. The minimum absolute atomic E-state index is 0.316. The van der Waals surface area contributed by atoms with Gasteiger partial charge in [0, 0.05) is 5.92 Å². The molecule has 2 rings (SSSR count). The number of ether oxygens (including phenoxy) is 1. The Labute approximate surface area is 110 Å². The minimum atomic E-state index is 0.316. The molecule has 0 saturated heterocycles. The number of rotatable bonds is 4. The number of hydrogen-bond acceptors (Lipinski definition) is 1. The third-order valence-corrected chi connectivity index (χ3v) is 3.68. The molecule has 1 aromatic carbocycles. The topological polar surface area (TPSA) is 9.23 Å². The van der Waals surface area contributed by atoms with Gasteiger partial charge in [-0.2, -0.15) is 0 Å². The first-order valence-corrected chi connectivity index (χ1v) is 6.81. The van der Waals surface area contributed by atoms with Crippen LogP contribution in [0.1, 0.15) is 44.1 Å². The zero-order chi connectivity index (χ0) is 12.8. The second-order valence-electron chi connectivity index (χ2n) is 5.04. The summed E-state index contributed by atoms with van der Waals surface area (Å²) in [6.07, 6.45) is 8.98. The molecule has 2 atom stereocenters. The largest absolute Gasteiger partial charge is 0.497 e. The molecule has 1 aliphatic carbocycles. The summed E-state index contributed by atoms with van der Waals surface area (Å²) in [6, 6.07) is 10.7. The summed E-state index contributed by atoms with van der Waals surface area (Å²) in [7, 11) is 0. The molecule has 0 aromatic heterocycles. The molecule has 1 heteroatoms. The Morgan fingerprint density at radius 3 is 2.67 bits per heavy atom. The van der Waals surface area contributed by atoms with Crippen molar-refractivity contribution in [2.24, 2.45) is 0 Å². The molecule has 0 radical (unpaired) electrons. The summed E-state index contributed by atoms with van der Waals surface area (Å²) >= 11 is 0. The fourth-order valence-electron chi connectivity index (χ4n) is 2.58. The molecule has 0 heterocycles. The normalized spacial score (nSPS) is 24.6. The van der Waals surface area contributed by atoms with Crippen molar-refractivity contribution in [3.05, 3.63) is 60.4 Å². The fraction of sp³-hybridized carbons (Fsp3) is 0.412. The van der Waals surface area contributed by atoms with E-state index in [1.54, 1.807) is 0 Å². The first-order chi connectivity index (χ1) is 8.81. The smallest absolute Gasteiger partial charge is 0.105 e. The van der Waals surface area contributed by atoms with E-state index in [2.05, 4.69) is 36.9 Å². The second-order valence-corrected chi connectivity index (χ2v) is 5.04. The van der Waals surface area contributed by atoms with Crippen LogP contribution in [-0.2, 0) is 4.74 Å². The highest BCUT2D eigenvalue weighted by atomic mass is 16.5. The maximum absolute atomic E-state index is 5.97. The SMILES string of the molecule is C=C/C(C)=C/O[C@@H]1CCCC[C@H]1c1ccccc1. The van der Waals surface area contributed by atoms with E-state index in [1.807, 2.05) is 19.3 Å². The zero-order valence-corrected chi connectivity index (χ0v) is 11.1. The minimum Gasteiger partial charge on any atom is -0.497 e. The van der Waals surface area contributed by atoms with Gasteiger partial charge in [-0.1, -0.05) is 49.4 Å². The molecule has 0 spiro atoms. The van der Waals surface area contributed by atoms with Crippen LogP contribution in [0.2, 0.25) is 0 Å². The molecule has 0 aliphatic heterocycles. The molecule has 18 heavy (non-hydrogen) atoms. The molecule has 0 bridgehead atoms. The number of allylic oxidation sites excluding steroid dienone is 2. The van der Waals surface area contributed by atoms with Gasteiger partial charge in [0.05, 0.1) is 6.26 Å². The van der Waals surface area contributed by atoms with Gasteiger partial charge in [0.15, 0.2) is 0 Å². The zero-order valence-electron chi connectivity index (χ0n) is 11.1. The van der Waals surface area contributed by atoms with E-state index in [0.29, 0.717) is 12.0 Å². The van der Waals surface area contributed by atoms with Crippen LogP contribution in [0, 0.1) is 0 Å². The summed E-state index contributed by atoms with van der Waals surface area (Å²) in [6.45, 7) is 5.77. The summed E-state index contributed by atoms with van der Waals surface area (Å²) in [5.74, 6) is 0.536. The summed E-state index contributed by atoms with van der Waals surface area (Å²) in [5.41, 5.74) is 2.50. The predicted molar refractivity (Wildman–Crippen MR) is 76.5 cm³/mol. The third kappa shape index (κ3) is 3.25. The molecule has 1 saturated carbocycles. The van der Waals surface area contributed by atoms with Gasteiger partial charge in [0.25, 0.3) is 0 Å². The van der Waals surface area contributed by atoms with Gasteiger partial charge < -0.3 is 4.74 Å². The Bertz CT molecular complexity index is 405. The van der Waals surface area contributed by atoms with Crippen LogP contribution in [0.4, 0.5) is 0 Å². The molecular weight excluding hydrogens is 220 g/mol. The summed E-state index contributed by atoms with van der Waals surface area (Å²) < 4.78 is 5.97. The average molecular weight is 242 g/mol. The quantitative estimate of drug-likeness (QED) is 0.543. The standard InChI is InChI=1S/C17H22O/c1-3-14(2)13-18-17-12-8-7-11-16(17)15-9-5-4-6-10-15/h3-6,9-10,13,16-17H,1,7-8,11-12H2,2H3/b14-13+/t16-,17+/m0/s1. The van der Waals surface area contributed by atoms with Crippen LogP contribution in [0.15, 0.2) is 54.8 Å². The highest BCUT2D eigenvalue weighted by molar-refractivity contribution is 5.21. The van der Waals surface area contributed by atoms with Crippen molar-refractivity contribution >= 4 is 0 Å². The van der Waals surface area contributed by atoms with Gasteiger partial charge in [-0.25, -0.2) is 0 Å². The van der Waals surface area contributed by atoms with Crippen molar-refractivity contribution in [1.29, 1.82) is 0 Å². The van der Waals surface area contributed by atoms with Crippen molar-refractivity contribution < 1.29 is 4.74 Å². The number of hydrogen-bond donors (Lipinski definition) is 0. The van der Waals surface area contributed by atoms with Crippen LogP contribution in [0.3, 0.4) is 0 Å². The lowest BCUT2D eigenvalue weighted by atomic mass is 9.81. The van der Waals surface area contributed by atoms with Gasteiger partial charge in [-0.05, 0) is 37.3 Å². The third-order valence-electron chi connectivity index (χ3n) is 3.68. The molecule has 0 unspecified atom stereocenters. The van der Waals surface area contributed by atoms with Crippen LogP contribution >= 0.6 is 0 Å². The van der Waals surface area contributed by atoms with Gasteiger partial charge in [0.2, 0.25) is 0 Å². The van der Waals surface area contributed by atoms with Gasteiger partial charge >= 0.3 is 0 Å². The molecule has 1 fully saturated rings. The summed E-state index contributed by atoms with van der Waals surface area (Å²) in [4.78, 5) is 0. The molecule has 0 N–H and O–H groups in total. The van der Waals surface area contributed by atoms with Crippen molar-refractivity contribution in [3.8, 4) is 0 Å². The van der Waals surface area contributed by atoms with Crippen molar-refractivity contribution in [2.75, 3.05) is 0 Å². The average Bonchev–Trinajstić information content (AvgIpc) is 2.46. The first-order valence-electron chi connectivity index (χ1n) is 6.81. The molecule has 96 valence electrons. The van der Waals surface area contributed by atoms with Crippen LogP contribution in [0.25, 0.3) is 0 Å². The first kappa shape index (κ1) is 12.9. The predicted octanol–water partition coefficient (Wildman–Crippen LogP) is 4.82. The molecular formula is C17H22O. The monoisotopic (exact) mass is 242 g/mol. The van der Waals surface area contributed by atoms with E-state index in [1.165, 1.54) is 24.8 Å². The molecule has 1 aromatic rings. The van der Waals surface area contributed by atoms with E-state index in [-0.39, 0.29) is 0 Å². The van der Waals surface area contributed by atoms with Crippen LogP contribution in [-0.4, -0.2) is 6.10 Å². The fourth-order valence-corrected chi connectivity index (χ4v) is 2.58. The Morgan fingerprint density at radius 2 is 1.94 bits per heavy atom. The Kier molecular flexibility index (Phi) is 4.63. The highest BCUT2D eigenvalue weighted by Gasteiger charge is 2.27. The van der Waals surface area contributed by atoms with E-state index in [4.69, 9.17) is 4.74 Å². The Morgan fingerprint density at radius 1 is 1.22 bits per heavy atom. The van der Waals surface area contributed by atoms with Crippen molar-refractivity contribution in [1.82, 2.24) is 0 Å². The van der Waals surface area contributed by atoms with Crippen molar-refractivity contribution in [2.45, 2.75) is 44.6 Å². The van der Waals surface area contributed by atoms with Crippen LogP contribution in [0.5, 0.6) is 0 Å². The lowest BCUT2D eigenvalue weighted by molar-refractivity contribution is 0.0838. The van der Waals surface area contributed by atoms with E-state index in [0.717, 1.165) is 12.0 Å². The number of benzene rings is 1. The lowest BCUT2D eigenvalue weighted by Gasteiger charge is -2.31. The molecule has 0 amide bonds. The lowest BCUT2D eigenvalue weighted by Crippen LogP contribution is -2.24. The Balaban J connectivity index is 2.09. The van der Waals surface area contributed by atoms with E-state index >= 15 is 0 Å². The van der Waals surface area contributed by atoms with Crippen molar-refractivity contribution in [3.63, 3.8) is 0 Å². The molecule has 1 aliphatic rings. The van der Waals surface area contributed by atoms with E-state index < -0.39 is 0 Å². The van der Waals surface area contributed by atoms with Gasteiger partial charge in [0.1, 0.15) is 6.10 Å². The van der Waals surface area contributed by atoms with E-state index in [9.17, 15) is 0 Å². The van der Waals surface area contributed by atoms with Crippen LogP contribution < -0.4 is 0 Å². The summed E-state index contributed by atoms with van der Waals surface area (Å²) in [5, 5.41) is 0. The molecule has 1 nitrogen and oxygen atoms in total.